The van der Waals surface area contributed by atoms with Crippen molar-refractivity contribution in [3.05, 3.63) is 38.9 Å². The average molecular weight is 223 g/mol. The topological polar surface area (TPSA) is 69.2 Å². The zero-order valence-corrected chi connectivity index (χ0v) is 8.14. The summed E-state index contributed by atoms with van der Waals surface area (Å²) in [4.78, 5) is 9.77. The van der Waals surface area contributed by atoms with Crippen LogP contribution in [-0.2, 0) is 6.54 Å². The van der Waals surface area contributed by atoms with E-state index in [2.05, 4.69) is 0 Å². The fourth-order valence-corrected chi connectivity index (χ4v) is 1.07. The van der Waals surface area contributed by atoms with E-state index >= 15 is 0 Å². The molecule has 0 atom stereocenters. The summed E-state index contributed by atoms with van der Waals surface area (Å²) in [6.07, 6.45) is 0. The Morgan fingerprint density at radius 1 is 1.54 bits per heavy atom. The van der Waals surface area contributed by atoms with E-state index in [-0.39, 0.29) is 24.6 Å². The van der Waals surface area contributed by atoms with E-state index in [1.54, 1.807) is 6.07 Å². The number of rotatable bonds is 2. The van der Waals surface area contributed by atoms with Crippen LogP contribution in [0, 0.1) is 10.1 Å². The van der Waals surface area contributed by atoms with Crippen molar-refractivity contribution in [2.24, 2.45) is 5.73 Å². The summed E-state index contributed by atoms with van der Waals surface area (Å²) >= 11 is 5.69. The molecule has 0 radical (unpaired) electrons. The first-order chi connectivity index (χ1) is 5.65. The van der Waals surface area contributed by atoms with Gasteiger partial charge in [-0.15, -0.1) is 12.4 Å². The van der Waals surface area contributed by atoms with E-state index in [0.717, 1.165) is 0 Å². The first kappa shape index (κ1) is 12.2. The van der Waals surface area contributed by atoms with Gasteiger partial charge in [0, 0.05) is 18.7 Å². The molecule has 0 spiro atoms. The van der Waals surface area contributed by atoms with Gasteiger partial charge in [0.2, 0.25) is 0 Å². The van der Waals surface area contributed by atoms with Gasteiger partial charge in [-0.1, -0.05) is 11.6 Å². The summed E-state index contributed by atoms with van der Waals surface area (Å²) in [5.41, 5.74) is 6.02. The number of hydrogen-bond donors (Lipinski definition) is 1. The SMILES string of the molecule is Cl.NCc1ccc([N+](=O)[O-])cc1Cl. The molecule has 0 bridgehead atoms. The van der Waals surface area contributed by atoms with Gasteiger partial charge in [0.1, 0.15) is 0 Å². The largest absolute Gasteiger partial charge is 0.326 e. The lowest BCUT2D eigenvalue weighted by atomic mass is 10.2. The lowest BCUT2D eigenvalue weighted by Crippen LogP contribution is -1.97. The minimum absolute atomic E-state index is 0. The highest BCUT2D eigenvalue weighted by Crippen LogP contribution is 2.21. The van der Waals surface area contributed by atoms with Crippen molar-refractivity contribution in [1.29, 1.82) is 0 Å². The van der Waals surface area contributed by atoms with E-state index in [1.807, 2.05) is 0 Å². The van der Waals surface area contributed by atoms with Gasteiger partial charge in [-0.2, -0.15) is 0 Å². The molecular formula is C7H8Cl2N2O2. The van der Waals surface area contributed by atoms with E-state index < -0.39 is 4.92 Å². The molecule has 1 aromatic rings. The van der Waals surface area contributed by atoms with Crippen molar-refractivity contribution in [3.8, 4) is 0 Å². The maximum atomic E-state index is 10.3. The maximum absolute atomic E-state index is 10.3. The number of nitro groups is 1. The Hall–Kier alpha value is -0.840. The Bertz CT molecular complexity index is 317. The third kappa shape index (κ3) is 2.84. The van der Waals surface area contributed by atoms with E-state index in [4.69, 9.17) is 17.3 Å². The standard InChI is InChI=1S/C7H7ClN2O2.ClH/c8-7-3-6(10(11)12)2-1-5(7)4-9;/h1-3H,4,9H2;1H. The van der Waals surface area contributed by atoms with Crippen LogP contribution in [0.5, 0.6) is 0 Å². The Balaban J connectivity index is 0.00000144. The smallest absolute Gasteiger partial charge is 0.270 e. The first-order valence-corrected chi connectivity index (χ1v) is 3.66. The van der Waals surface area contributed by atoms with Gasteiger partial charge in [-0.3, -0.25) is 10.1 Å². The van der Waals surface area contributed by atoms with Crippen molar-refractivity contribution in [2.75, 3.05) is 0 Å². The van der Waals surface area contributed by atoms with Crippen LogP contribution in [0.4, 0.5) is 5.69 Å². The second-order valence-electron chi connectivity index (χ2n) is 2.24. The highest BCUT2D eigenvalue weighted by Gasteiger charge is 2.07. The van der Waals surface area contributed by atoms with Crippen LogP contribution in [-0.4, -0.2) is 4.92 Å². The van der Waals surface area contributed by atoms with Gasteiger partial charge < -0.3 is 5.73 Å². The number of nitro benzene ring substituents is 1. The molecule has 0 aliphatic rings. The van der Waals surface area contributed by atoms with Gasteiger partial charge in [-0.05, 0) is 11.6 Å². The Kier molecular flexibility index (Phi) is 4.69. The summed E-state index contributed by atoms with van der Waals surface area (Å²) in [5, 5.41) is 10.6. The molecule has 0 saturated carbocycles. The molecule has 0 aromatic heterocycles. The Morgan fingerprint density at radius 3 is 2.54 bits per heavy atom. The van der Waals surface area contributed by atoms with Crippen LogP contribution in [0.2, 0.25) is 5.02 Å². The molecule has 0 heterocycles. The van der Waals surface area contributed by atoms with E-state index in [9.17, 15) is 10.1 Å². The third-order valence-corrected chi connectivity index (χ3v) is 1.82. The summed E-state index contributed by atoms with van der Waals surface area (Å²) in [6.45, 7) is 0.289. The van der Waals surface area contributed by atoms with Gasteiger partial charge >= 0.3 is 0 Å². The highest BCUT2D eigenvalue weighted by molar-refractivity contribution is 6.31. The van der Waals surface area contributed by atoms with Crippen molar-refractivity contribution >= 4 is 29.7 Å². The minimum Gasteiger partial charge on any atom is -0.326 e. The van der Waals surface area contributed by atoms with Crippen molar-refractivity contribution in [1.82, 2.24) is 0 Å². The van der Waals surface area contributed by atoms with Crippen LogP contribution in [0.25, 0.3) is 0 Å². The Morgan fingerprint density at radius 2 is 2.15 bits per heavy atom. The molecule has 0 aliphatic carbocycles. The molecule has 72 valence electrons. The molecule has 1 rings (SSSR count). The van der Waals surface area contributed by atoms with E-state index in [0.29, 0.717) is 10.6 Å². The summed E-state index contributed by atoms with van der Waals surface area (Å²) in [6, 6.07) is 4.23. The van der Waals surface area contributed by atoms with Crippen LogP contribution in [0.15, 0.2) is 18.2 Å². The molecule has 0 saturated heterocycles. The van der Waals surface area contributed by atoms with Gasteiger partial charge in [-0.25, -0.2) is 0 Å². The minimum atomic E-state index is -0.494. The molecule has 0 amide bonds. The van der Waals surface area contributed by atoms with Gasteiger partial charge in [0.25, 0.3) is 5.69 Å². The predicted molar refractivity (Wildman–Crippen MR) is 53.2 cm³/mol. The fraction of sp³-hybridized carbons (Fsp3) is 0.143. The second-order valence-corrected chi connectivity index (χ2v) is 2.64. The number of halogens is 2. The lowest BCUT2D eigenvalue weighted by molar-refractivity contribution is -0.384. The summed E-state index contributed by atoms with van der Waals surface area (Å²) in [5.74, 6) is 0. The number of nitrogens with two attached hydrogens (primary N) is 1. The molecule has 13 heavy (non-hydrogen) atoms. The molecule has 0 fully saturated rings. The monoisotopic (exact) mass is 222 g/mol. The second kappa shape index (κ2) is 5.01. The van der Waals surface area contributed by atoms with Crippen LogP contribution >= 0.6 is 24.0 Å². The van der Waals surface area contributed by atoms with Crippen molar-refractivity contribution < 1.29 is 4.92 Å². The number of nitrogens with zero attached hydrogens (tertiary/aromatic N) is 1. The van der Waals surface area contributed by atoms with Gasteiger partial charge in [0.05, 0.1) is 9.95 Å². The van der Waals surface area contributed by atoms with Crippen molar-refractivity contribution in [2.45, 2.75) is 6.54 Å². The quantitative estimate of drug-likeness (QED) is 0.616. The number of non-ortho nitro benzene ring substituents is 1. The van der Waals surface area contributed by atoms with Gasteiger partial charge in [0.15, 0.2) is 0 Å². The highest BCUT2D eigenvalue weighted by atomic mass is 35.5. The third-order valence-electron chi connectivity index (χ3n) is 1.47. The van der Waals surface area contributed by atoms with Crippen molar-refractivity contribution in [3.63, 3.8) is 0 Å². The van der Waals surface area contributed by atoms with Crippen LogP contribution in [0.3, 0.4) is 0 Å². The molecule has 1 aromatic carbocycles. The van der Waals surface area contributed by atoms with E-state index in [1.165, 1.54) is 12.1 Å². The molecule has 0 aliphatic heterocycles. The lowest BCUT2D eigenvalue weighted by Gasteiger charge is -1.98. The zero-order chi connectivity index (χ0) is 9.14. The maximum Gasteiger partial charge on any atom is 0.270 e. The molecular weight excluding hydrogens is 215 g/mol. The molecule has 4 nitrogen and oxygen atoms in total. The summed E-state index contributed by atoms with van der Waals surface area (Å²) < 4.78 is 0. The van der Waals surface area contributed by atoms with Crippen LogP contribution in [0.1, 0.15) is 5.56 Å². The molecule has 2 N–H and O–H groups in total. The number of hydrogen-bond acceptors (Lipinski definition) is 3. The molecule has 0 unspecified atom stereocenters. The molecule has 6 heteroatoms. The van der Waals surface area contributed by atoms with Crippen LogP contribution < -0.4 is 5.73 Å². The average Bonchev–Trinajstić information content (AvgIpc) is 2.04. The Labute approximate surface area is 86.2 Å². The fourth-order valence-electron chi connectivity index (χ4n) is 0.815. The predicted octanol–water partition coefficient (Wildman–Crippen LogP) is 2.13. The first-order valence-electron chi connectivity index (χ1n) is 3.28. The number of benzene rings is 1. The zero-order valence-electron chi connectivity index (χ0n) is 6.57. The summed E-state index contributed by atoms with van der Waals surface area (Å²) in [7, 11) is 0. The normalized spacial score (nSPS) is 9.08.